The molecule has 0 radical (unpaired) electrons. The Morgan fingerprint density at radius 2 is 2.43 bits per heavy atom. The second-order valence-electron chi connectivity index (χ2n) is 1.32. The van der Waals surface area contributed by atoms with Gasteiger partial charge in [-0.05, 0) is 18.0 Å². The lowest BCUT2D eigenvalue weighted by atomic mass is 10.3. The molecule has 42 valence electrons. The Hall–Kier alpha value is -0.0800. The molecule has 0 saturated heterocycles. The van der Waals surface area contributed by atoms with E-state index in [1.807, 2.05) is 6.92 Å². The van der Waals surface area contributed by atoms with E-state index in [4.69, 9.17) is 17.3 Å². The molecular formula is C4H8ClNO. The van der Waals surface area contributed by atoms with Crippen LogP contribution in [0.15, 0.2) is 0 Å². The third kappa shape index (κ3) is 2.60. The van der Waals surface area contributed by atoms with E-state index in [0.717, 1.165) is 0 Å². The maximum atomic E-state index is 10.0. The second kappa shape index (κ2) is 2.99. The Morgan fingerprint density at radius 3 is 2.43 bits per heavy atom. The summed E-state index contributed by atoms with van der Waals surface area (Å²) < 4.78 is 0. The molecule has 1 atom stereocenters. The van der Waals surface area contributed by atoms with Crippen LogP contribution < -0.4 is 5.73 Å². The fourth-order valence-electron chi connectivity index (χ4n) is 0.160. The van der Waals surface area contributed by atoms with Gasteiger partial charge in [0, 0.05) is 0 Å². The van der Waals surface area contributed by atoms with Crippen LogP contribution >= 0.6 is 11.6 Å². The standard InChI is InChI=1S/C4H8ClNO/c1-2-3(6)4(5)7/h3H,2,6H2,1H3/t3-/m1/s1. The molecule has 0 heterocycles. The van der Waals surface area contributed by atoms with Gasteiger partial charge in [-0.1, -0.05) is 6.92 Å². The van der Waals surface area contributed by atoms with Crippen LogP contribution in [0.2, 0.25) is 0 Å². The van der Waals surface area contributed by atoms with Gasteiger partial charge in [0.15, 0.2) is 0 Å². The lowest BCUT2D eigenvalue weighted by molar-refractivity contribution is -0.112. The molecule has 7 heavy (non-hydrogen) atoms. The van der Waals surface area contributed by atoms with Gasteiger partial charge < -0.3 is 5.73 Å². The predicted octanol–water partition coefficient (Wildman–Crippen LogP) is 0.489. The summed E-state index contributed by atoms with van der Waals surface area (Å²) in [6, 6.07) is -0.471. The number of carbonyl (C=O) groups is 1. The van der Waals surface area contributed by atoms with Gasteiger partial charge in [0.05, 0.1) is 6.04 Å². The number of hydrogen-bond acceptors (Lipinski definition) is 2. The molecule has 0 aromatic heterocycles. The van der Waals surface area contributed by atoms with E-state index in [2.05, 4.69) is 0 Å². The molecule has 0 aliphatic carbocycles. The van der Waals surface area contributed by atoms with E-state index in [9.17, 15) is 4.79 Å². The Kier molecular flexibility index (Phi) is 2.96. The van der Waals surface area contributed by atoms with Crippen LogP contribution in [0.3, 0.4) is 0 Å². The third-order valence-electron chi connectivity index (χ3n) is 0.731. The molecule has 0 aromatic rings. The van der Waals surface area contributed by atoms with Crippen molar-refractivity contribution in [1.29, 1.82) is 0 Å². The van der Waals surface area contributed by atoms with Crippen LogP contribution in [-0.2, 0) is 4.79 Å². The van der Waals surface area contributed by atoms with Crippen molar-refractivity contribution in [1.82, 2.24) is 0 Å². The largest absolute Gasteiger partial charge is 0.320 e. The molecule has 2 nitrogen and oxygen atoms in total. The van der Waals surface area contributed by atoms with Gasteiger partial charge in [0.2, 0.25) is 5.24 Å². The van der Waals surface area contributed by atoms with Crippen LogP contribution in [0.4, 0.5) is 0 Å². The van der Waals surface area contributed by atoms with Crippen LogP contribution in [-0.4, -0.2) is 11.3 Å². The van der Waals surface area contributed by atoms with Crippen LogP contribution in [0.1, 0.15) is 13.3 Å². The summed E-state index contributed by atoms with van der Waals surface area (Å²) in [4.78, 5) is 10.0. The number of halogens is 1. The van der Waals surface area contributed by atoms with Crippen molar-refractivity contribution in [3.05, 3.63) is 0 Å². The Balaban J connectivity index is 3.34. The van der Waals surface area contributed by atoms with Gasteiger partial charge in [-0.15, -0.1) is 0 Å². The summed E-state index contributed by atoms with van der Waals surface area (Å²) >= 11 is 4.96. The van der Waals surface area contributed by atoms with Gasteiger partial charge in [-0.3, -0.25) is 4.79 Å². The minimum Gasteiger partial charge on any atom is -0.320 e. The first-order valence-electron chi connectivity index (χ1n) is 2.13. The maximum Gasteiger partial charge on any atom is 0.238 e. The molecule has 0 amide bonds. The van der Waals surface area contributed by atoms with E-state index in [0.29, 0.717) is 6.42 Å². The molecule has 2 N–H and O–H groups in total. The molecule has 0 unspecified atom stereocenters. The Bertz CT molecular complexity index is 74.1. The van der Waals surface area contributed by atoms with Crippen LogP contribution in [0.5, 0.6) is 0 Å². The summed E-state index contributed by atoms with van der Waals surface area (Å²) in [5.41, 5.74) is 5.13. The zero-order valence-corrected chi connectivity index (χ0v) is 4.90. The van der Waals surface area contributed by atoms with Crippen molar-refractivity contribution in [2.45, 2.75) is 19.4 Å². The number of rotatable bonds is 2. The third-order valence-corrected chi connectivity index (χ3v) is 1.01. The van der Waals surface area contributed by atoms with E-state index in [1.165, 1.54) is 0 Å². The summed E-state index contributed by atoms with van der Waals surface area (Å²) in [6.45, 7) is 1.81. The predicted molar refractivity (Wildman–Crippen MR) is 29.1 cm³/mol. The molecule has 0 fully saturated rings. The first-order chi connectivity index (χ1) is 3.18. The van der Waals surface area contributed by atoms with E-state index < -0.39 is 11.3 Å². The minimum absolute atomic E-state index is 0.456. The van der Waals surface area contributed by atoms with Gasteiger partial charge in [0.1, 0.15) is 0 Å². The van der Waals surface area contributed by atoms with Crippen molar-refractivity contribution >= 4 is 16.8 Å². The van der Waals surface area contributed by atoms with Crippen molar-refractivity contribution in [2.24, 2.45) is 5.73 Å². The number of carbonyl (C=O) groups excluding carboxylic acids is 1. The van der Waals surface area contributed by atoms with Crippen molar-refractivity contribution in [2.75, 3.05) is 0 Å². The monoisotopic (exact) mass is 121 g/mol. The number of hydrogen-bond donors (Lipinski definition) is 1. The average molecular weight is 122 g/mol. The smallest absolute Gasteiger partial charge is 0.238 e. The van der Waals surface area contributed by atoms with Crippen molar-refractivity contribution in [3.63, 3.8) is 0 Å². The molecule has 0 spiro atoms. The highest BCUT2D eigenvalue weighted by Crippen LogP contribution is 1.90. The zero-order valence-electron chi connectivity index (χ0n) is 4.15. The van der Waals surface area contributed by atoms with Gasteiger partial charge >= 0.3 is 0 Å². The first kappa shape index (κ1) is 6.92. The summed E-state index contributed by atoms with van der Waals surface area (Å²) in [6.07, 6.45) is 0.613. The highest BCUT2D eigenvalue weighted by atomic mass is 35.5. The molecule has 0 aliphatic rings. The van der Waals surface area contributed by atoms with Gasteiger partial charge in [-0.2, -0.15) is 0 Å². The molecular weight excluding hydrogens is 114 g/mol. The van der Waals surface area contributed by atoms with Crippen molar-refractivity contribution in [3.8, 4) is 0 Å². The first-order valence-corrected chi connectivity index (χ1v) is 2.51. The Morgan fingerprint density at radius 1 is 2.00 bits per heavy atom. The zero-order chi connectivity index (χ0) is 5.86. The normalized spacial score (nSPS) is 13.6. The number of nitrogens with two attached hydrogens (primary N) is 1. The molecule has 0 saturated carbocycles. The van der Waals surface area contributed by atoms with Crippen LogP contribution in [0, 0.1) is 0 Å². The van der Waals surface area contributed by atoms with E-state index >= 15 is 0 Å². The summed E-state index contributed by atoms with van der Waals surface area (Å²) in [7, 11) is 0. The van der Waals surface area contributed by atoms with Crippen molar-refractivity contribution < 1.29 is 4.79 Å². The summed E-state index contributed by atoms with van der Waals surface area (Å²) in [5, 5.41) is -0.456. The molecule has 0 aliphatic heterocycles. The fourth-order valence-corrected chi connectivity index (χ4v) is 0.315. The van der Waals surface area contributed by atoms with Gasteiger partial charge in [-0.25, -0.2) is 0 Å². The van der Waals surface area contributed by atoms with E-state index in [-0.39, 0.29) is 0 Å². The van der Waals surface area contributed by atoms with Gasteiger partial charge in [0.25, 0.3) is 0 Å². The molecule has 0 rings (SSSR count). The van der Waals surface area contributed by atoms with E-state index in [1.54, 1.807) is 0 Å². The lowest BCUT2D eigenvalue weighted by Gasteiger charge is -1.96. The second-order valence-corrected chi connectivity index (χ2v) is 1.69. The topological polar surface area (TPSA) is 43.1 Å². The average Bonchev–Trinajstić information content (AvgIpc) is 1.65. The van der Waals surface area contributed by atoms with Crippen LogP contribution in [0.25, 0.3) is 0 Å². The highest BCUT2D eigenvalue weighted by molar-refractivity contribution is 6.64. The molecule has 0 aromatic carbocycles. The maximum absolute atomic E-state index is 10.0. The SMILES string of the molecule is CC[C@@H](N)C(=O)Cl. The molecule has 0 bridgehead atoms. The Labute approximate surface area is 47.6 Å². The lowest BCUT2D eigenvalue weighted by Crippen LogP contribution is -2.25. The minimum atomic E-state index is -0.471. The quantitative estimate of drug-likeness (QED) is 0.541. The summed E-state index contributed by atoms with van der Waals surface area (Å²) in [5.74, 6) is 0. The fraction of sp³-hybridized carbons (Fsp3) is 0.750. The highest BCUT2D eigenvalue weighted by Gasteiger charge is 2.04. The molecule has 3 heteroatoms.